The standard InChI is InChI=1S/C17H25N3O3/c1-12(2)19-8-9-20(14(11-19)17(18)22)16(21)10-13-6-4-5-7-15(13)23-3/h4-7,12,14H,8-11H2,1-3H3,(H2,18,22). The minimum Gasteiger partial charge on any atom is -0.496 e. The van der Waals surface area contributed by atoms with Crippen molar-refractivity contribution in [2.75, 3.05) is 26.7 Å². The van der Waals surface area contributed by atoms with Gasteiger partial charge in [-0.25, -0.2) is 0 Å². The molecule has 1 aliphatic heterocycles. The lowest BCUT2D eigenvalue weighted by atomic mass is 10.1. The summed E-state index contributed by atoms with van der Waals surface area (Å²) in [5, 5.41) is 0. The van der Waals surface area contributed by atoms with E-state index in [2.05, 4.69) is 18.7 Å². The molecule has 0 bridgehead atoms. The van der Waals surface area contributed by atoms with Gasteiger partial charge in [0.2, 0.25) is 11.8 Å². The van der Waals surface area contributed by atoms with Crippen LogP contribution in [0.25, 0.3) is 0 Å². The average Bonchev–Trinajstić information content (AvgIpc) is 2.54. The molecule has 2 amide bonds. The van der Waals surface area contributed by atoms with Crippen LogP contribution in [0.3, 0.4) is 0 Å². The van der Waals surface area contributed by atoms with E-state index in [1.165, 1.54) is 0 Å². The number of benzene rings is 1. The molecule has 6 heteroatoms. The summed E-state index contributed by atoms with van der Waals surface area (Å²) in [7, 11) is 1.58. The molecule has 0 aliphatic carbocycles. The second-order valence-electron chi connectivity index (χ2n) is 6.08. The first-order chi connectivity index (χ1) is 10.9. The summed E-state index contributed by atoms with van der Waals surface area (Å²) in [6.45, 7) is 5.90. The number of nitrogens with zero attached hydrogens (tertiary/aromatic N) is 2. The molecule has 0 radical (unpaired) electrons. The molecule has 1 saturated heterocycles. The van der Waals surface area contributed by atoms with E-state index in [1.807, 2.05) is 24.3 Å². The first kappa shape index (κ1) is 17.3. The number of piperazine rings is 1. The highest BCUT2D eigenvalue weighted by Gasteiger charge is 2.34. The fourth-order valence-corrected chi connectivity index (χ4v) is 2.93. The third kappa shape index (κ3) is 4.01. The van der Waals surface area contributed by atoms with E-state index in [4.69, 9.17) is 10.5 Å². The first-order valence-electron chi connectivity index (χ1n) is 7.88. The van der Waals surface area contributed by atoms with Crippen molar-refractivity contribution in [3.63, 3.8) is 0 Å². The van der Waals surface area contributed by atoms with Gasteiger partial charge in [0.25, 0.3) is 0 Å². The molecule has 23 heavy (non-hydrogen) atoms. The number of hydrogen-bond acceptors (Lipinski definition) is 4. The summed E-state index contributed by atoms with van der Waals surface area (Å²) in [6, 6.07) is 7.16. The molecule has 0 spiro atoms. The van der Waals surface area contributed by atoms with Crippen molar-refractivity contribution in [1.82, 2.24) is 9.80 Å². The van der Waals surface area contributed by atoms with Gasteiger partial charge in [0.05, 0.1) is 13.5 Å². The van der Waals surface area contributed by atoms with E-state index in [0.717, 1.165) is 12.1 Å². The maximum atomic E-state index is 12.7. The van der Waals surface area contributed by atoms with Crippen molar-refractivity contribution >= 4 is 11.8 Å². The van der Waals surface area contributed by atoms with Crippen LogP contribution in [0.2, 0.25) is 0 Å². The predicted molar refractivity (Wildman–Crippen MR) is 88.1 cm³/mol. The first-order valence-corrected chi connectivity index (χ1v) is 7.88. The number of ether oxygens (including phenoxy) is 1. The van der Waals surface area contributed by atoms with Crippen LogP contribution in [0.5, 0.6) is 5.75 Å². The number of amides is 2. The molecular formula is C17H25N3O3. The molecular weight excluding hydrogens is 294 g/mol. The predicted octanol–water partition coefficient (Wildman–Crippen LogP) is 0.644. The van der Waals surface area contributed by atoms with Crippen LogP contribution in [0.4, 0.5) is 0 Å². The molecule has 1 fully saturated rings. The summed E-state index contributed by atoms with van der Waals surface area (Å²) in [5.41, 5.74) is 6.34. The molecule has 1 aliphatic rings. The van der Waals surface area contributed by atoms with E-state index in [0.29, 0.717) is 24.9 Å². The maximum Gasteiger partial charge on any atom is 0.241 e. The SMILES string of the molecule is COc1ccccc1CC(=O)N1CCN(C(C)C)CC1C(N)=O. The lowest BCUT2D eigenvalue weighted by Crippen LogP contribution is -2.61. The summed E-state index contributed by atoms with van der Waals surface area (Å²) in [4.78, 5) is 28.2. The largest absolute Gasteiger partial charge is 0.496 e. The Morgan fingerprint density at radius 1 is 1.30 bits per heavy atom. The zero-order valence-corrected chi connectivity index (χ0v) is 14.0. The maximum absolute atomic E-state index is 12.7. The molecule has 2 N–H and O–H groups in total. The van der Waals surface area contributed by atoms with Crippen LogP contribution in [-0.2, 0) is 16.0 Å². The Balaban J connectivity index is 2.12. The highest BCUT2D eigenvalue weighted by atomic mass is 16.5. The Bertz CT molecular complexity index is 574. The van der Waals surface area contributed by atoms with Crippen molar-refractivity contribution in [3.05, 3.63) is 29.8 Å². The smallest absolute Gasteiger partial charge is 0.241 e. The van der Waals surface area contributed by atoms with Gasteiger partial charge in [0.15, 0.2) is 0 Å². The lowest BCUT2D eigenvalue weighted by molar-refractivity contribution is -0.142. The Morgan fingerprint density at radius 3 is 2.61 bits per heavy atom. The second kappa shape index (κ2) is 7.46. The number of carbonyl (C=O) groups excluding carboxylic acids is 2. The normalized spacial score (nSPS) is 19.0. The van der Waals surface area contributed by atoms with Crippen molar-refractivity contribution < 1.29 is 14.3 Å². The van der Waals surface area contributed by atoms with Crippen LogP contribution in [0.15, 0.2) is 24.3 Å². The number of para-hydroxylation sites is 1. The molecule has 1 aromatic rings. The third-order valence-electron chi connectivity index (χ3n) is 4.33. The number of primary amides is 1. The molecule has 6 nitrogen and oxygen atoms in total. The summed E-state index contributed by atoms with van der Waals surface area (Å²) in [5.74, 6) is 0.128. The van der Waals surface area contributed by atoms with Gasteiger partial charge < -0.3 is 15.4 Å². The van der Waals surface area contributed by atoms with E-state index >= 15 is 0 Å². The second-order valence-corrected chi connectivity index (χ2v) is 6.08. The van der Waals surface area contributed by atoms with Crippen LogP contribution >= 0.6 is 0 Å². The molecule has 1 aromatic carbocycles. The molecule has 126 valence electrons. The van der Waals surface area contributed by atoms with E-state index in [-0.39, 0.29) is 12.3 Å². The molecule has 2 rings (SSSR count). The van der Waals surface area contributed by atoms with Crippen molar-refractivity contribution in [3.8, 4) is 5.75 Å². The Hall–Kier alpha value is -2.08. The Morgan fingerprint density at radius 2 is 2.00 bits per heavy atom. The number of methoxy groups -OCH3 is 1. The molecule has 0 saturated carbocycles. The third-order valence-corrected chi connectivity index (χ3v) is 4.33. The van der Waals surface area contributed by atoms with E-state index in [1.54, 1.807) is 12.0 Å². The van der Waals surface area contributed by atoms with Gasteiger partial charge in [-0.1, -0.05) is 18.2 Å². The van der Waals surface area contributed by atoms with E-state index < -0.39 is 11.9 Å². The highest BCUT2D eigenvalue weighted by Crippen LogP contribution is 2.20. The van der Waals surface area contributed by atoms with Crippen molar-refractivity contribution in [1.29, 1.82) is 0 Å². The quantitative estimate of drug-likeness (QED) is 0.864. The van der Waals surface area contributed by atoms with Crippen molar-refractivity contribution in [2.45, 2.75) is 32.4 Å². The number of nitrogens with two attached hydrogens (primary N) is 1. The Labute approximate surface area is 137 Å². The molecule has 1 unspecified atom stereocenters. The zero-order chi connectivity index (χ0) is 17.0. The van der Waals surface area contributed by atoms with E-state index in [9.17, 15) is 9.59 Å². The molecule has 1 heterocycles. The topological polar surface area (TPSA) is 75.9 Å². The van der Waals surface area contributed by atoms with Gasteiger partial charge in [0.1, 0.15) is 11.8 Å². The lowest BCUT2D eigenvalue weighted by Gasteiger charge is -2.41. The van der Waals surface area contributed by atoms with Crippen molar-refractivity contribution in [2.24, 2.45) is 5.73 Å². The molecule has 1 atom stereocenters. The van der Waals surface area contributed by atoms with Gasteiger partial charge in [-0.3, -0.25) is 14.5 Å². The van der Waals surface area contributed by atoms with Gasteiger partial charge in [-0.15, -0.1) is 0 Å². The van der Waals surface area contributed by atoms with Gasteiger partial charge in [-0.2, -0.15) is 0 Å². The van der Waals surface area contributed by atoms with Crippen LogP contribution < -0.4 is 10.5 Å². The number of rotatable bonds is 5. The minimum atomic E-state index is -0.576. The van der Waals surface area contributed by atoms with Crippen LogP contribution in [-0.4, -0.2) is 60.4 Å². The van der Waals surface area contributed by atoms with Gasteiger partial charge in [-0.05, 0) is 19.9 Å². The van der Waals surface area contributed by atoms with Gasteiger partial charge >= 0.3 is 0 Å². The number of carbonyl (C=O) groups is 2. The summed E-state index contributed by atoms with van der Waals surface area (Å²) >= 11 is 0. The summed E-state index contributed by atoms with van der Waals surface area (Å²) < 4.78 is 5.29. The molecule has 0 aromatic heterocycles. The fraction of sp³-hybridized carbons (Fsp3) is 0.529. The fourth-order valence-electron chi connectivity index (χ4n) is 2.93. The van der Waals surface area contributed by atoms with Gasteiger partial charge in [0, 0.05) is 31.2 Å². The van der Waals surface area contributed by atoms with Crippen LogP contribution in [0.1, 0.15) is 19.4 Å². The zero-order valence-electron chi connectivity index (χ0n) is 14.0. The van der Waals surface area contributed by atoms with Crippen LogP contribution in [0, 0.1) is 0 Å². The summed E-state index contributed by atoms with van der Waals surface area (Å²) in [6.07, 6.45) is 0.204. The Kier molecular flexibility index (Phi) is 5.60. The average molecular weight is 319 g/mol. The monoisotopic (exact) mass is 319 g/mol. The number of hydrogen-bond donors (Lipinski definition) is 1. The minimum absolute atomic E-state index is 0.0956. The highest BCUT2D eigenvalue weighted by molar-refractivity contribution is 5.88.